The van der Waals surface area contributed by atoms with Gasteiger partial charge in [-0.15, -0.1) is 24.0 Å². The van der Waals surface area contributed by atoms with E-state index < -0.39 is 5.91 Å². The first-order valence-corrected chi connectivity index (χ1v) is 10.1. The molecule has 0 aliphatic heterocycles. The average Bonchev–Trinajstić information content (AvgIpc) is 2.71. The van der Waals surface area contributed by atoms with Crippen LogP contribution in [0.25, 0.3) is 0 Å². The summed E-state index contributed by atoms with van der Waals surface area (Å²) in [6.45, 7) is 1.56. The minimum absolute atomic E-state index is 0. The van der Waals surface area contributed by atoms with E-state index in [2.05, 4.69) is 46.0 Å². The molecule has 0 heterocycles. The second-order valence-corrected chi connectivity index (χ2v) is 7.50. The molecule has 1 amide bonds. The van der Waals surface area contributed by atoms with E-state index >= 15 is 0 Å². The number of hydrogen-bond donors (Lipinski definition) is 3. The molecule has 7 heteroatoms. The van der Waals surface area contributed by atoms with Crippen molar-refractivity contribution >= 4 is 35.8 Å². The largest absolute Gasteiger partial charge is 0.484 e. The summed E-state index contributed by atoms with van der Waals surface area (Å²) >= 11 is 0. The van der Waals surface area contributed by atoms with Crippen LogP contribution in [0.1, 0.15) is 30.4 Å². The Morgan fingerprint density at radius 1 is 1.10 bits per heavy atom. The molecule has 2 aromatic rings. The number of nitrogens with zero attached hydrogens (tertiary/aromatic N) is 1. The highest BCUT2D eigenvalue weighted by Gasteiger charge is 2.38. The molecule has 0 bridgehead atoms. The Morgan fingerprint density at radius 2 is 1.80 bits per heavy atom. The highest BCUT2D eigenvalue weighted by atomic mass is 127. The SMILES string of the molecule is CN=C(NCCc1ccc(OCC(N)=O)cc1)NCC1(c2ccccc2)CCC1.I. The number of nitrogens with one attached hydrogen (secondary N) is 2. The molecule has 4 N–H and O–H groups in total. The number of amides is 1. The summed E-state index contributed by atoms with van der Waals surface area (Å²) in [6.07, 6.45) is 4.57. The van der Waals surface area contributed by atoms with E-state index in [-0.39, 0.29) is 36.0 Å². The molecule has 2 aromatic carbocycles. The molecule has 0 unspecified atom stereocenters. The van der Waals surface area contributed by atoms with Gasteiger partial charge in [-0.25, -0.2) is 0 Å². The molecule has 0 atom stereocenters. The maximum Gasteiger partial charge on any atom is 0.255 e. The van der Waals surface area contributed by atoms with Gasteiger partial charge in [0.25, 0.3) is 5.91 Å². The van der Waals surface area contributed by atoms with Gasteiger partial charge >= 0.3 is 0 Å². The molecule has 1 saturated carbocycles. The number of carbonyl (C=O) groups is 1. The Kier molecular flexibility index (Phi) is 9.42. The second kappa shape index (κ2) is 11.8. The molecular formula is C23H31IN4O2. The highest BCUT2D eigenvalue weighted by molar-refractivity contribution is 14.0. The molecule has 162 valence electrons. The van der Waals surface area contributed by atoms with Crippen molar-refractivity contribution in [2.75, 3.05) is 26.7 Å². The third-order valence-corrected chi connectivity index (χ3v) is 5.53. The summed E-state index contributed by atoms with van der Waals surface area (Å²) in [5.74, 6) is 0.992. The number of guanidine groups is 1. The number of benzene rings is 2. The fourth-order valence-corrected chi connectivity index (χ4v) is 3.67. The first-order chi connectivity index (χ1) is 14.1. The molecule has 30 heavy (non-hydrogen) atoms. The van der Waals surface area contributed by atoms with E-state index in [0.29, 0.717) is 5.75 Å². The minimum Gasteiger partial charge on any atom is -0.484 e. The van der Waals surface area contributed by atoms with Crippen molar-refractivity contribution < 1.29 is 9.53 Å². The average molecular weight is 522 g/mol. The van der Waals surface area contributed by atoms with E-state index in [4.69, 9.17) is 10.5 Å². The van der Waals surface area contributed by atoms with E-state index in [9.17, 15) is 4.79 Å². The van der Waals surface area contributed by atoms with Crippen LogP contribution < -0.4 is 21.1 Å². The maximum atomic E-state index is 10.8. The van der Waals surface area contributed by atoms with Gasteiger partial charge in [0.15, 0.2) is 12.6 Å². The Morgan fingerprint density at radius 3 is 2.37 bits per heavy atom. The Bertz CT molecular complexity index is 821. The van der Waals surface area contributed by atoms with Gasteiger partial charge in [-0.3, -0.25) is 9.79 Å². The number of hydrogen-bond acceptors (Lipinski definition) is 3. The molecule has 0 radical (unpaired) electrons. The number of ether oxygens (including phenoxy) is 1. The Balaban J connectivity index is 0.00000320. The maximum absolute atomic E-state index is 10.8. The van der Waals surface area contributed by atoms with Crippen LogP contribution in [-0.4, -0.2) is 38.6 Å². The van der Waals surface area contributed by atoms with Gasteiger partial charge in [0.1, 0.15) is 5.75 Å². The quantitative estimate of drug-likeness (QED) is 0.269. The molecule has 3 rings (SSSR count). The van der Waals surface area contributed by atoms with E-state index in [1.165, 1.54) is 30.4 Å². The van der Waals surface area contributed by atoms with E-state index in [1.807, 2.05) is 24.3 Å². The molecule has 1 aliphatic carbocycles. The predicted molar refractivity (Wildman–Crippen MR) is 132 cm³/mol. The van der Waals surface area contributed by atoms with Crippen molar-refractivity contribution in [1.82, 2.24) is 10.6 Å². The number of aliphatic imine (C=N–C) groups is 1. The van der Waals surface area contributed by atoms with Crippen molar-refractivity contribution in [3.05, 3.63) is 65.7 Å². The van der Waals surface area contributed by atoms with E-state index in [0.717, 1.165) is 25.5 Å². The van der Waals surface area contributed by atoms with Gasteiger partial charge in [-0.1, -0.05) is 48.9 Å². The summed E-state index contributed by atoms with van der Waals surface area (Å²) in [6, 6.07) is 18.5. The molecule has 1 fully saturated rings. The number of halogens is 1. The standard InChI is InChI=1S/C23H30N4O2.HI/c1-25-22(27-17-23(13-5-14-23)19-6-3-2-4-7-19)26-15-12-18-8-10-20(11-9-18)29-16-21(24)28;/h2-4,6-11H,5,12-17H2,1H3,(H2,24,28)(H2,25,26,27);1H. The van der Waals surface area contributed by atoms with Crippen molar-refractivity contribution in [3.8, 4) is 5.75 Å². The fraction of sp³-hybridized carbons (Fsp3) is 0.391. The van der Waals surface area contributed by atoms with Crippen molar-refractivity contribution in [3.63, 3.8) is 0 Å². The zero-order valence-electron chi connectivity index (χ0n) is 17.4. The summed E-state index contributed by atoms with van der Waals surface area (Å²) in [7, 11) is 1.80. The summed E-state index contributed by atoms with van der Waals surface area (Å²) < 4.78 is 5.28. The number of carbonyl (C=O) groups excluding carboxylic acids is 1. The normalized spacial score (nSPS) is 14.8. The van der Waals surface area contributed by atoms with Crippen molar-refractivity contribution in [1.29, 1.82) is 0 Å². The minimum atomic E-state index is -0.479. The van der Waals surface area contributed by atoms with Crippen molar-refractivity contribution in [2.45, 2.75) is 31.1 Å². The van der Waals surface area contributed by atoms with Crippen LogP contribution in [-0.2, 0) is 16.6 Å². The topological polar surface area (TPSA) is 88.7 Å². The fourth-order valence-electron chi connectivity index (χ4n) is 3.67. The lowest BCUT2D eigenvalue weighted by atomic mass is 9.64. The van der Waals surface area contributed by atoms with Gasteiger partial charge in [0.2, 0.25) is 0 Å². The smallest absolute Gasteiger partial charge is 0.255 e. The van der Waals surface area contributed by atoms with Crippen LogP contribution in [0.15, 0.2) is 59.6 Å². The molecule has 0 spiro atoms. The first kappa shape index (κ1) is 24.0. The van der Waals surface area contributed by atoms with Gasteiger partial charge in [-0.2, -0.15) is 0 Å². The summed E-state index contributed by atoms with van der Waals surface area (Å²) in [5.41, 5.74) is 7.90. The van der Waals surface area contributed by atoms with Gasteiger partial charge in [-0.05, 0) is 42.5 Å². The lowest BCUT2D eigenvalue weighted by Gasteiger charge is -2.43. The van der Waals surface area contributed by atoms with Crippen LogP contribution in [0.5, 0.6) is 5.75 Å². The van der Waals surface area contributed by atoms with E-state index in [1.54, 1.807) is 7.05 Å². The number of rotatable bonds is 9. The number of nitrogens with two attached hydrogens (primary N) is 1. The van der Waals surface area contributed by atoms with Gasteiger partial charge < -0.3 is 21.1 Å². The van der Waals surface area contributed by atoms with Crippen LogP contribution in [0.4, 0.5) is 0 Å². The molecule has 1 aliphatic rings. The zero-order valence-corrected chi connectivity index (χ0v) is 19.7. The van der Waals surface area contributed by atoms with Crippen LogP contribution in [0.2, 0.25) is 0 Å². The van der Waals surface area contributed by atoms with Crippen molar-refractivity contribution in [2.24, 2.45) is 10.7 Å². The molecule has 0 saturated heterocycles. The monoisotopic (exact) mass is 522 g/mol. The Labute approximate surface area is 195 Å². The van der Waals surface area contributed by atoms with Crippen LogP contribution >= 0.6 is 24.0 Å². The number of primary amides is 1. The molecule has 6 nitrogen and oxygen atoms in total. The second-order valence-electron chi connectivity index (χ2n) is 7.50. The lowest BCUT2D eigenvalue weighted by molar-refractivity contribution is -0.119. The van der Waals surface area contributed by atoms with Gasteiger partial charge in [0.05, 0.1) is 0 Å². The lowest BCUT2D eigenvalue weighted by Crippen LogP contribution is -2.49. The third kappa shape index (κ3) is 6.62. The predicted octanol–water partition coefficient (Wildman–Crippen LogP) is 3.00. The summed E-state index contributed by atoms with van der Waals surface area (Å²) in [5, 5.41) is 6.90. The van der Waals surface area contributed by atoms with Crippen LogP contribution in [0, 0.1) is 0 Å². The third-order valence-electron chi connectivity index (χ3n) is 5.53. The summed E-state index contributed by atoms with van der Waals surface area (Å²) in [4.78, 5) is 15.1. The first-order valence-electron chi connectivity index (χ1n) is 10.1. The Hall–Kier alpha value is -2.29. The molecule has 0 aromatic heterocycles. The highest BCUT2D eigenvalue weighted by Crippen LogP contribution is 2.43. The van der Waals surface area contributed by atoms with Gasteiger partial charge in [0, 0.05) is 25.6 Å². The zero-order chi connectivity index (χ0) is 20.5. The van der Waals surface area contributed by atoms with Crippen LogP contribution in [0.3, 0.4) is 0 Å². The molecular weight excluding hydrogens is 491 g/mol.